The lowest BCUT2D eigenvalue weighted by atomic mass is 9.98. The van der Waals surface area contributed by atoms with Crippen molar-refractivity contribution in [3.8, 4) is 0 Å². The van der Waals surface area contributed by atoms with Crippen LogP contribution in [0.25, 0.3) is 0 Å². The molecule has 1 atom stereocenters. The monoisotopic (exact) mass is 194 g/mol. The van der Waals surface area contributed by atoms with E-state index in [1.807, 2.05) is 26.8 Å². The second-order valence-electron chi connectivity index (χ2n) is 3.53. The Morgan fingerprint density at radius 3 is 2.43 bits per heavy atom. The summed E-state index contributed by atoms with van der Waals surface area (Å²) in [6.45, 7) is 5.69. The molecule has 4 nitrogen and oxygen atoms in total. The largest absolute Gasteiger partial charge is 0.289 e. The summed E-state index contributed by atoms with van der Waals surface area (Å²) in [5.74, 6) is 0. The molecule has 14 heavy (non-hydrogen) atoms. The smallest absolute Gasteiger partial charge is 0.264 e. The van der Waals surface area contributed by atoms with Gasteiger partial charge in [0.25, 0.3) is 6.17 Å². The molecule has 4 heteroatoms. The highest BCUT2D eigenvalue weighted by molar-refractivity contribution is 5.38. The maximum absolute atomic E-state index is 10.6. The van der Waals surface area contributed by atoms with Gasteiger partial charge in [0.05, 0.1) is 0 Å². The maximum Gasteiger partial charge on any atom is 0.289 e. The van der Waals surface area contributed by atoms with Gasteiger partial charge in [-0.1, -0.05) is 11.6 Å². The van der Waals surface area contributed by atoms with Crippen LogP contribution in [0.2, 0.25) is 0 Å². The Morgan fingerprint density at radius 1 is 1.36 bits per heavy atom. The molecular weight excluding hydrogens is 180 g/mol. The Hall–Kier alpha value is -1.42. The molecule has 0 aliphatic carbocycles. The molecule has 2 N–H and O–H groups in total. The second kappa shape index (κ2) is 3.75. The van der Waals surface area contributed by atoms with E-state index < -0.39 is 11.1 Å². The topological polar surface area (TPSA) is 69.2 Å². The van der Waals surface area contributed by atoms with E-state index in [9.17, 15) is 10.1 Å². The van der Waals surface area contributed by atoms with Crippen LogP contribution in [-0.4, -0.2) is 4.92 Å². The van der Waals surface area contributed by atoms with E-state index in [-0.39, 0.29) is 0 Å². The van der Waals surface area contributed by atoms with Crippen LogP contribution in [-0.2, 0) is 0 Å². The van der Waals surface area contributed by atoms with E-state index in [0.717, 1.165) is 16.7 Å². The molecule has 1 rings (SSSR count). The van der Waals surface area contributed by atoms with E-state index in [1.54, 1.807) is 6.07 Å². The number of aryl methyl sites for hydroxylation is 2. The first kappa shape index (κ1) is 10.7. The van der Waals surface area contributed by atoms with E-state index in [4.69, 9.17) is 5.73 Å². The minimum atomic E-state index is -1.12. The van der Waals surface area contributed by atoms with Crippen molar-refractivity contribution < 1.29 is 4.92 Å². The minimum Gasteiger partial charge on any atom is -0.264 e. The van der Waals surface area contributed by atoms with Gasteiger partial charge in [0, 0.05) is 10.5 Å². The predicted molar refractivity (Wildman–Crippen MR) is 54.6 cm³/mol. The zero-order valence-electron chi connectivity index (χ0n) is 8.57. The highest BCUT2D eigenvalue weighted by Crippen LogP contribution is 2.21. The van der Waals surface area contributed by atoms with Gasteiger partial charge in [-0.3, -0.25) is 15.8 Å². The Morgan fingerprint density at radius 2 is 1.93 bits per heavy atom. The lowest BCUT2D eigenvalue weighted by Crippen LogP contribution is -2.21. The minimum absolute atomic E-state index is 0.471. The fourth-order valence-electron chi connectivity index (χ4n) is 1.49. The fourth-order valence-corrected chi connectivity index (χ4v) is 1.49. The third kappa shape index (κ3) is 1.90. The van der Waals surface area contributed by atoms with E-state index in [2.05, 4.69) is 0 Å². The standard InChI is InChI=1S/C10H14N2O2/c1-6-4-7(2)8(3)9(5-6)10(11)12(13)14/h4-5,10H,11H2,1-3H3. The fraction of sp³-hybridized carbons (Fsp3) is 0.400. The number of hydrogen-bond donors (Lipinski definition) is 1. The molecule has 0 bridgehead atoms. The molecule has 1 aromatic carbocycles. The highest BCUT2D eigenvalue weighted by atomic mass is 16.6. The number of nitro groups is 1. The molecule has 0 saturated heterocycles. The van der Waals surface area contributed by atoms with Crippen LogP contribution >= 0.6 is 0 Å². The molecule has 76 valence electrons. The van der Waals surface area contributed by atoms with E-state index >= 15 is 0 Å². The molecule has 0 radical (unpaired) electrons. The summed E-state index contributed by atoms with van der Waals surface area (Å²) in [4.78, 5) is 10.1. The summed E-state index contributed by atoms with van der Waals surface area (Å²) < 4.78 is 0. The Kier molecular flexibility index (Phi) is 2.86. The van der Waals surface area contributed by atoms with Crippen LogP contribution in [0.3, 0.4) is 0 Å². The second-order valence-corrected chi connectivity index (χ2v) is 3.53. The third-order valence-corrected chi connectivity index (χ3v) is 2.40. The molecule has 0 fully saturated rings. The predicted octanol–water partition coefficient (Wildman–Crippen LogP) is 1.85. The molecule has 1 unspecified atom stereocenters. The van der Waals surface area contributed by atoms with Crippen LogP contribution in [0, 0.1) is 30.9 Å². The van der Waals surface area contributed by atoms with Crippen molar-refractivity contribution in [2.24, 2.45) is 5.73 Å². The van der Waals surface area contributed by atoms with Gasteiger partial charge in [-0.05, 0) is 38.0 Å². The van der Waals surface area contributed by atoms with Crippen molar-refractivity contribution in [1.29, 1.82) is 0 Å². The summed E-state index contributed by atoms with van der Waals surface area (Å²) in [6, 6.07) is 3.77. The Labute approximate surface area is 82.9 Å². The summed E-state index contributed by atoms with van der Waals surface area (Å²) in [6.07, 6.45) is -1.12. The molecule has 0 spiro atoms. The van der Waals surface area contributed by atoms with Gasteiger partial charge >= 0.3 is 0 Å². The molecule has 0 aliphatic heterocycles. The number of nitrogens with zero attached hydrogens (tertiary/aromatic N) is 1. The molecule has 1 aromatic rings. The van der Waals surface area contributed by atoms with E-state index in [1.165, 1.54) is 0 Å². The lowest BCUT2D eigenvalue weighted by Gasteiger charge is -2.11. The van der Waals surface area contributed by atoms with Gasteiger partial charge in [-0.25, -0.2) is 0 Å². The van der Waals surface area contributed by atoms with Crippen LogP contribution < -0.4 is 5.73 Å². The molecule has 0 amide bonds. The van der Waals surface area contributed by atoms with Gasteiger partial charge in [0.2, 0.25) is 0 Å². The average Bonchev–Trinajstić information content (AvgIpc) is 2.09. The van der Waals surface area contributed by atoms with Crippen LogP contribution in [0.4, 0.5) is 0 Å². The quantitative estimate of drug-likeness (QED) is 0.443. The maximum atomic E-state index is 10.6. The van der Waals surface area contributed by atoms with E-state index in [0.29, 0.717) is 5.56 Å². The summed E-state index contributed by atoms with van der Waals surface area (Å²) in [7, 11) is 0. The third-order valence-electron chi connectivity index (χ3n) is 2.40. The van der Waals surface area contributed by atoms with Crippen molar-refractivity contribution in [2.45, 2.75) is 26.9 Å². The van der Waals surface area contributed by atoms with Gasteiger partial charge in [0.15, 0.2) is 0 Å². The number of rotatable bonds is 2. The summed E-state index contributed by atoms with van der Waals surface area (Å²) in [5, 5.41) is 10.6. The van der Waals surface area contributed by atoms with Crippen molar-refractivity contribution in [1.82, 2.24) is 0 Å². The number of hydrogen-bond acceptors (Lipinski definition) is 3. The summed E-state index contributed by atoms with van der Waals surface area (Å²) >= 11 is 0. The van der Waals surface area contributed by atoms with Gasteiger partial charge < -0.3 is 0 Å². The van der Waals surface area contributed by atoms with Crippen molar-refractivity contribution >= 4 is 0 Å². The molecular formula is C10H14N2O2. The zero-order chi connectivity index (χ0) is 10.9. The number of benzene rings is 1. The van der Waals surface area contributed by atoms with Crippen LogP contribution in [0.15, 0.2) is 12.1 Å². The Balaban J connectivity index is 3.26. The molecule has 0 saturated carbocycles. The Bertz CT molecular complexity index is 375. The van der Waals surface area contributed by atoms with Crippen molar-refractivity contribution in [3.63, 3.8) is 0 Å². The molecule has 0 aromatic heterocycles. The summed E-state index contributed by atoms with van der Waals surface area (Å²) in [5.41, 5.74) is 9.02. The first-order valence-corrected chi connectivity index (χ1v) is 4.40. The zero-order valence-corrected chi connectivity index (χ0v) is 8.57. The average molecular weight is 194 g/mol. The van der Waals surface area contributed by atoms with Crippen molar-refractivity contribution in [2.75, 3.05) is 0 Å². The first-order valence-electron chi connectivity index (χ1n) is 4.40. The molecule has 0 heterocycles. The van der Waals surface area contributed by atoms with Crippen LogP contribution in [0.1, 0.15) is 28.4 Å². The SMILES string of the molecule is Cc1cc(C)c(C)c(C(N)[N+](=O)[O-])c1. The number of nitrogens with two attached hydrogens (primary N) is 1. The van der Waals surface area contributed by atoms with Crippen molar-refractivity contribution in [3.05, 3.63) is 44.5 Å². The van der Waals surface area contributed by atoms with Gasteiger partial charge in [-0.15, -0.1) is 0 Å². The normalized spacial score (nSPS) is 12.6. The first-order chi connectivity index (χ1) is 6.43. The van der Waals surface area contributed by atoms with Crippen LogP contribution in [0.5, 0.6) is 0 Å². The lowest BCUT2D eigenvalue weighted by molar-refractivity contribution is -0.528. The highest BCUT2D eigenvalue weighted by Gasteiger charge is 2.19. The van der Waals surface area contributed by atoms with Gasteiger partial charge in [0.1, 0.15) is 0 Å². The molecule has 0 aliphatic rings. The van der Waals surface area contributed by atoms with Gasteiger partial charge in [-0.2, -0.15) is 0 Å².